The molecule has 1 aromatic carbocycles. The first-order valence-corrected chi connectivity index (χ1v) is 7.61. The van der Waals surface area contributed by atoms with Gasteiger partial charge in [-0.05, 0) is 26.3 Å². The molecule has 0 aliphatic heterocycles. The van der Waals surface area contributed by atoms with Crippen molar-refractivity contribution in [1.82, 2.24) is 5.32 Å². The van der Waals surface area contributed by atoms with Gasteiger partial charge in [0.25, 0.3) is 0 Å². The lowest BCUT2D eigenvalue weighted by Gasteiger charge is -2.18. The Hall–Kier alpha value is -1.20. The molecule has 0 aliphatic rings. The van der Waals surface area contributed by atoms with Crippen LogP contribution in [0.2, 0.25) is 0 Å². The summed E-state index contributed by atoms with van der Waals surface area (Å²) in [5.41, 5.74) is 6.63. The smallest absolute Gasteiger partial charge is 0.241 e. The zero-order chi connectivity index (χ0) is 14.5. The van der Waals surface area contributed by atoms with Crippen molar-refractivity contribution in [1.29, 1.82) is 0 Å². The summed E-state index contributed by atoms with van der Waals surface area (Å²) in [6.07, 6.45) is 0. The molecule has 0 spiro atoms. The highest BCUT2D eigenvalue weighted by atomic mass is 32.2. The molecule has 0 saturated carbocycles. The van der Waals surface area contributed by atoms with E-state index in [1.165, 1.54) is 0 Å². The Kier molecular flexibility index (Phi) is 5.69. The number of hydrogen-bond acceptors (Lipinski definition) is 3. The van der Waals surface area contributed by atoms with Crippen molar-refractivity contribution in [3.8, 4) is 0 Å². The number of hydrogen-bond donors (Lipinski definition) is 2. The lowest BCUT2D eigenvalue weighted by atomic mass is 10.1. The lowest BCUT2D eigenvalue weighted by molar-refractivity contribution is -0.122. The second-order valence-electron chi connectivity index (χ2n) is 5.34. The molecule has 1 amide bonds. The highest BCUT2D eigenvalue weighted by Crippen LogP contribution is 2.11. The first-order chi connectivity index (χ1) is 8.82. The molecule has 1 rings (SSSR count). The monoisotopic (exact) mass is 282 g/mol. The zero-order valence-electron chi connectivity index (χ0n) is 11.7. The summed E-state index contributed by atoms with van der Waals surface area (Å²) in [6, 6.07) is 8.52. The molecule has 5 heteroatoms. The van der Waals surface area contributed by atoms with E-state index in [1.54, 1.807) is 0 Å². The molecule has 0 bridgehead atoms. The van der Waals surface area contributed by atoms with E-state index in [2.05, 4.69) is 5.32 Å². The van der Waals surface area contributed by atoms with Crippen molar-refractivity contribution in [3.05, 3.63) is 35.9 Å². The normalized spacial score (nSPS) is 14.7. The number of amides is 1. The Morgan fingerprint density at radius 1 is 1.32 bits per heavy atom. The van der Waals surface area contributed by atoms with Crippen molar-refractivity contribution in [3.63, 3.8) is 0 Å². The van der Waals surface area contributed by atoms with Crippen LogP contribution in [0.5, 0.6) is 0 Å². The van der Waals surface area contributed by atoms with Crippen LogP contribution in [0, 0.1) is 0 Å². The predicted octanol–water partition coefficient (Wildman–Crippen LogP) is 1.35. The Morgan fingerprint density at radius 2 is 1.89 bits per heavy atom. The number of nitrogens with one attached hydrogen (secondary N) is 1. The summed E-state index contributed by atoms with van der Waals surface area (Å²) >= 11 is 0. The van der Waals surface area contributed by atoms with Gasteiger partial charge >= 0.3 is 0 Å². The van der Waals surface area contributed by atoms with Gasteiger partial charge in [-0.3, -0.25) is 9.00 Å². The molecule has 0 saturated heterocycles. The number of rotatable bonds is 5. The van der Waals surface area contributed by atoms with Gasteiger partial charge in [-0.1, -0.05) is 30.3 Å². The molecule has 0 heterocycles. The molecule has 3 N–H and O–H groups in total. The van der Waals surface area contributed by atoms with Gasteiger partial charge in [0.15, 0.2) is 0 Å². The minimum Gasteiger partial charge on any atom is -0.354 e. The minimum absolute atomic E-state index is 0.239. The second kappa shape index (κ2) is 6.82. The predicted molar refractivity (Wildman–Crippen MR) is 79.1 cm³/mol. The van der Waals surface area contributed by atoms with E-state index in [9.17, 15) is 9.00 Å². The number of nitrogens with two attached hydrogens (primary N) is 1. The van der Waals surface area contributed by atoms with Gasteiger partial charge in [-0.15, -0.1) is 0 Å². The summed E-state index contributed by atoms with van der Waals surface area (Å²) in [6.45, 7) is 6.13. The highest BCUT2D eigenvalue weighted by molar-refractivity contribution is 7.86. The SMILES string of the molecule is CC(C)(C)S(=O)CCNC(=O)C(N)c1ccccc1. The van der Waals surface area contributed by atoms with Gasteiger partial charge in [0, 0.05) is 27.8 Å². The van der Waals surface area contributed by atoms with Gasteiger partial charge in [0.05, 0.1) is 0 Å². The summed E-state index contributed by atoms with van der Waals surface area (Å²) < 4.78 is 11.6. The number of benzene rings is 1. The third kappa shape index (κ3) is 5.12. The molecule has 106 valence electrons. The molecule has 0 aliphatic carbocycles. The van der Waals surface area contributed by atoms with Crippen LogP contribution in [0.15, 0.2) is 30.3 Å². The van der Waals surface area contributed by atoms with E-state index in [1.807, 2.05) is 51.1 Å². The molecule has 2 unspecified atom stereocenters. The van der Waals surface area contributed by atoms with Crippen LogP contribution >= 0.6 is 0 Å². The van der Waals surface area contributed by atoms with Gasteiger partial charge in [0.2, 0.25) is 5.91 Å². The van der Waals surface area contributed by atoms with Crippen molar-refractivity contribution in [2.75, 3.05) is 12.3 Å². The molecule has 0 fully saturated rings. The maximum atomic E-state index is 11.8. The zero-order valence-corrected chi connectivity index (χ0v) is 12.5. The molecule has 0 aromatic heterocycles. The third-order valence-electron chi connectivity index (χ3n) is 2.71. The Labute approximate surface area is 117 Å². The molecule has 4 nitrogen and oxygen atoms in total. The van der Waals surface area contributed by atoms with Crippen molar-refractivity contribution in [2.24, 2.45) is 5.73 Å². The van der Waals surface area contributed by atoms with Crippen molar-refractivity contribution in [2.45, 2.75) is 31.6 Å². The largest absolute Gasteiger partial charge is 0.354 e. The quantitative estimate of drug-likeness (QED) is 0.856. The Morgan fingerprint density at radius 3 is 2.42 bits per heavy atom. The van der Waals surface area contributed by atoms with Crippen LogP contribution in [0.3, 0.4) is 0 Å². The van der Waals surface area contributed by atoms with E-state index in [0.717, 1.165) is 5.56 Å². The van der Waals surface area contributed by atoms with E-state index in [-0.39, 0.29) is 10.7 Å². The van der Waals surface area contributed by atoms with Gasteiger partial charge in [-0.2, -0.15) is 0 Å². The maximum absolute atomic E-state index is 11.8. The topological polar surface area (TPSA) is 72.2 Å². The Balaban J connectivity index is 2.42. The standard InChI is InChI=1S/C14H22N2O2S/c1-14(2,3)19(18)10-9-16-13(17)12(15)11-7-5-4-6-8-11/h4-8,12H,9-10,15H2,1-3H3,(H,16,17). The Bertz CT molecular complexity index is 441. The number of carbonyl (C=O) groups is 1. The van der Waals surface area contributed by atoms with Crippen LogP contribution in [-0.4, -0.2) is 27.2 Å². The van der Waals surface area contributed by atoms with Gasteiger partial charge in [0.1, 0.15) is 6.04 Å². The summed E-state index contributed by atoms with van der Waals surface area (Å²) in [5.74, 6) is 0.202. The van der Waals surface area contributed by atoms with Gasteiger partial charge in [-0.25, -0.2) is 0 Å². The summed E-state index contributed by atoms with van der Waals surface area (Å²) in [7, 11) is -0.967. The molecular weight excluding hydrogens is 260 g/mol. The molecule has 2 atom stereocenters. The first kappa shape index (κ1) is 15.9. The lowest BCUT2D eigenvalue weighted by Crippen LogP contribution is -2.37. The average Bonchev–Trinajstić information content (AvgIpc) is 2.37. The molecule has 19 heavy (non-hydrogen) atoms. The van der Waals surface area contributed by atoms with Crippen LogP contribution in [0.25, 0.3) is 0 Å². The molecular formula is C14H22N2O2S. The van der Waals surface area contributed by atoms with Crippen LogP contribution in [0.1, 0.15) is 32.4 Å². The second-order valence-corrected chi connectivity index (χ2v) is 7.67. The molecule has 0 radical (unpaired) electrons. The highest BCUT2D eigenvalue weighted by Gasteiger charge is 2.20. The van der Waals surface area contributed by atoms with E-state index in [0.29, 0.717) is 12.3 Å². The number of carbonyl (C=O) groups excluding carboxylic acids is 1. The average molecular weight is 282 g/mol. The minimum atomic E-state index is -0.967. The molecule has 1 aromatic rings. The van der Waals surface area contributed by atoms with E-state index in [4.69, 9.17) is 5.73 Å². The van der Waals surface area contributed by atoms with E-state index < -0.39 is 16.8 Å². The first-order valence-electron chi connectivity index (χ1n) is 6.29. The summed E-state index contributed by atoms with van der Waals surface area (Å²) in [5, 5.41) is 2.73. The van der Waals surface area contributed by atoms with Crippen molar-refractivity contribution >= 4 is 16.7 Å². The van der Waals surface area contributed by atoms with Crippen molar-refractivity contribution < 1.29 is 9.00 Å². The summed E-state index contributed by atoms with van der Waals surface area (Å²) in [4.78, 5) is 11.8. The van der Waals surface area contributed by atoms with Crippen LogP contribution < -0.4 is 11.1 Å². The van der Waals surface area contributed by atoms with Crippen LogP contribution in [-0.2, 0) is 15.6 Å². The van der Waals surface area contributed by atoms with E-state index >= 15 is 0 Å². The fourth-order valence-electron chi connectivity index (χ4n) is 1.49. The fourth-order valence-corrected chi connectivity index (χ4v) is 2.39. The maximum Gasteiger partial charge on any atom is 0.241 e. The van der Waals surface area contributed by atoms with Gasteiger partial charge < -0.3 is 11.1 Å². The van der Waals surface area contributed by atoms with Crippen LogP contribution in [0.4, 0.5) is 0 Å². The third-order valence-corrected chi connectivity index (χ3v) is 4.65. The fraction of sp³-hybridized carbons (Fsp3) is 0.500.